The number of aliphatic hydroxyl groups excluding tert-OH is 1. The second-order valence-corrected chi connectivity index (χ2v) is 5.76. The molecule has 0 aromatic carbocycles. The van der Waals surface area contributed by atoms with Gasteiger partial charge < -0.3 is 5.11 Å². The Morgan fingerprint density at radius 1 is 0.667 bits per heavy atom. The lowest BCUT2D eigenvalue weighted by Crippen LogP contribution is -2.19. The first-order valence-corrected chi connectivity index (χ1v) is 8.01. The van der Waals surface area contributed by atoms with Gasteiger partial charge in [-0.1, -0.05) is 70.6 Å². The molecule has 0 radical (unpaired) electrons. The first-order chi connectivity index (χ1) is 8.80. The molecule has 0 heterocycles. The highest BCUT2D eigenvalue weighted by Gasteiger charge is 2.13. The summed E-state index contributed by atoms with van der Waals surface area (Å²) in [7, 11) is 0. The summed E-state index contributed by atoms with van der Waals surface area (Å²) in [6.45, 7) is 0. The normalized spacial score (nSPS) is 26.9. The second kappa shape index (κ2) is 10.5. The van der Waals surface area contributed by atoms with E-state index in [0.29, 0.717) is 12.8 Å². The third-order valence-electron chi connectivity index (χ3n) is 4.02. The Morgan fingerprint density at radius 3 is 1.56 bits per heavy atom. The van der Waals surface area contributed by atoms with Crippen molar-refractivity contribution < 1.29 is 9.90 Å². The molecule has 2 heteroatoms. The largest absolute Gasteiger partial charge is 0.385 e. The Kier molecular flexibility index (Phi) is 9.19. The Labute approximate surface area is 112 Å². The molecule has 0 aliphatic heterocycles. The quantitative estimate of drug-likeness (QED) is 0.696. The molecular formula is C16H30O2. The smallest absolute Gasteiger partial charge is 0.161 e. The van der Waals surface area contributed by atoms with Gasteiger partial charge in [0.05, 0.1) is 0 Å². The second-order valence-electron chi connectivity index (χ2n) is 5.76. The van der Waals surface area contributed by atoms with E-state index in [0.717, 1.165) is 19.3 Å². The van der Waals surface area contributed by atoms with Crippen LogP contribution in [0.15, 0.2) is 0 Å². The molecule has 1 aliphatic carbocycles. The van der Waals surface area contributed by atoms with Crippen LogP contribution in [0.3, 0.4) is 0 Å². The molecule has 2 nitrogen and oxygen atoms in total. The van der Waals surface area contributed by atoms with E-state index in [1.54, 1.807) is 0 Å². The first kappa shape index (κ1) is 15.7. The number of aliphatic hydroxyl groups is 1. The molecular weight excluding hydrogens is 224 g/mol. The van der Waals surface area contributed by atoms with Crippen molar-refractivity contribution in [1.29, 1.82) is 0 Å². The molecule has 1 atom stereocenters. The number of rotatable bonds is 0. The molecule has 1 fully saturated rings. The molecule has 0 saturated heterocycles. The van der Waals surface area contributed by atoms with E-state index in [4.69, 9.17) is 0 Å². The zero-order valence-electron chi connectivity index (χ0n) is 11.8. The van der Waals surface area contributed by atoms with Crippen LogP contribution in [0.4, 0.5) is 0 Å². The van der Waals surface area contributed by atoms with E-state index in [-0.39, 0.29) is 5.78 Å². The zero-order chi connectivity index (χ0) is 13.1. The highest BCUT2D eigenvalue weighted by atomic mass is 16.3. The molecule has 0 spiro atoms. The number of Topliss-reactive ketones (excluding diaryl/α,β-unsaturated/α-hetero) is 1. The lowest BCUT2D eigenvalue weighted by atomic mass is 9.99. The number of hydrogen-bond acceptors (Lipinski definition) is 2. The molecule has 1 aliphatic rings. The van der Waals surface area contributed by atoms with Gasteiger partial charge in [0, 0.05) is 6.42 Å². The van der Waals surface area contributed by atoms with Gasteiger partial charge in [-0.25, -0.2) is 0 Å². The number of hydrogen-bond donors (Lipinski definition) is 1. The predicted octanol–water partition coefficient (Wildman–Crippen LogP) is 4.39. The van der Waals surface area contributed by atoms with Crippen molar-refractivity contribution >= 4 is 5.78 Å². The molecule has 106 valence electrons. The average molecular weight is 254 g/mol. The summed E-state index contributed by atoms with van der Waals surface area (Å²) in [4.78, 5) is 11.7. The van der Waals surface area contributed by atoms with Gasteiger partial charge in [-0.2, -0.15) is 0 Å². The standard InChI is InChI=1S/C16H30O2/c17-15-13-11-9-7-5-3-1-2-4-6-8-10-12-14-16(15)18/h15,17H,1-14H2/t15-/m1/s1. The average Bonchev–Trinajstić information content (AvgIpc) is 2.37. The first-order valence-electron chi connectivity index (χ1n) is 8.01. The number of carbonyl (C=O) groups excluding carboxylic acids is 1. The van der Waals surface area contributed by atoms with Gasteiger partial charge in [0.1, 0.15) is 6.10 Å². The third kappa shape index (κ3) is 7.86. The molecule has 0 unspecified atom stereocenters. The zero-order valence-corrected chi connectivity index (χ0v) is 11.8. The van der Waals surface area contributed by atoms with Crippen molar-refractivity contribution in [3.63, 3.8) is 0 Å². The maximum Gasteiger partial charge on any atom is 0.161 e. The lowest BCUT2D eigenvalue weighted by molar-refractivity contribution is -0.127. The number of ketones is 1. The van der Waals surface area contributed by atoms with E-state index in [1.165, 1.54) is 57.8 Å². The van der Waals surface area contributed by atoms with Crippen LogP contribution >= 0.6 is 0 Å². The highest BCUT2D eigenvalue weighted by Crippen LogP contribution is 2.15. The summed E-state index contributed by atoms with van der Waals surface area (Å²) in [5.41, 5.74) is 0. The summed E-state index contributed by atoms with van der Waals surface area (Å²) < 4.78 is 0. The van der Waals surface area contributed by atoms with Crippen LogP contribution in [0, 0.1) is 0 Å². The summed E-state index contributed by atoms with van der Waals surface area (Å²) in [5, 5.41) is 9.74. The minimum absolute atomic E-state index is 0.0714. The van der Waals surface area contributed by atoms with Crippen molar-refractivity contribution in [2.24, 2.45) is 0 Å². The molecule has 1 saturated carbocycles. The fourth-order valence-corrected chi connectivity index (χ4v) is 2.73. The monoisotopic (exact) mass is 254 g/mol. The number of carbonyl (C=O) groups is 1. The highest BCUT2D eigenvalue weighted by molar-refractivity contribution is 5.82. The van der Waals surface area contributed by atoms with Crippen molar-refractivity contribution in [2.75, 3.05) is 0 Å². The van der Waals surface area contributed by atoms with Crippen LogP contribution in [0.2, 0.25) is 0 Å². The summed E-state index contributed by atoms with van der Waals surface area (Å²) >= 11 is 0. The van der Waals surface area contributed by atoms with Gasteiger partial charge in [0.15, 0.2) is 5.78 Å². The fourth-order valence-electron chi connectivity index (χ4n) is 2.73. The Hall–Kier alpha value is -0.370. The van der Waals surface area contributed by atoms with E-state index in [1.807, 2.05) is 0 Å². The topological polar surface area (TPSA) is 37.3 Å². The minimum Gasteiger partial charge on any atom is -0.385 e. The van der Waals surface area contributed by atoms with E-state index in [9.17, 15) is 9.90 Å². The van der Waals surface area contributed by atoms with Gasteiger partial charge in [-0.3, -0.25) is 4.79 Å². The van der Waals surface area contributed by atoms with Crippen molar-refractivity contribution in [3.05, 3.63) is 0 Å². The van der Waals surface area contributed by atoms with Crippen LogP contribution in [0.5, 0.6) is 0 Å². The molecule has 0 bridgehead atoms. The molecule has 1 N–H and O–H groups in total. The van der Waals surface area contributed by atoms with Crippen molar-refractivity contribution in [3.8, 4) is 0 Å². The SMILES string of the molecule is O=C1CCCCCCCCCCCCCC[C@H]1O. The summed E-state index contributed by atoms with van der Waals surface area (Å²) in [6.07, 6.45) is 15.5. The van der Waals surface area contributed by atoms with Crippen LogP contribution in [-0.2, 0) is 4.79 Å². The van der Waals surface area contributed by atoms with Crippen LogP contribution in [-0.4, -0.2) is 17.0 Å². The molecule has 0 amide bonds. The molecule has 18 heavy (non-hydrogen) atoms. The van der Waals surface area contributed by atoms with Crippen molar-refractivity contribution in [1.82, 2.24) is 0 Å². The van der Waals surface area contributed by atoms with Gasteiger partial charge >= 0.3 is 0 Å². The Bertz CT molecular complexity index is 213. The van der Waals surface area contributed by atoms with Crippen LogP contribution < -0.4 is 0 Å². The summed E-state index contributed by atoms with van der Waals surface area (Å²) in [6, 6.07) is 0. The molecule has 0 aromatic rings. The molecule has 1 rings (SSSR count). The predicted molar refractivity (Wildman–Crippen MR) is 75.7 cm³/mol. The third-order valence-corrected chi connectivity index (χ3v) is 4.02. The maximum absolute atomic E-state index is 11.7. The van der Waals surface area contributed by atoms with E-state index >= 15 is 0 Å². The van der Waals surface area contributed by atoms with Gasteiger partial charge in [0.2, 0.25) is 0 Å². The molecule has 0 aromatic heterocycles. The lowest BCUT2D eigenvalue weighted by Gasteiger charge is -2.10. The Morgan fingerprint density at radius 2 is 1.06 bits per heavy atom. The minimum atomic E-state index is -0.682. The fraction of sp³-hybridized carbons (Fsp3) is 0.938. The van der Waals surface area contributed by atoms with Crippen LogP contribution in [0.25, 0.3) is 0 Å². The summed E-state index contributed by atoms with van der Waals surface area (Å²) in [5.74, 6) is 0.0714. The van der Waals surface area contributed by atoms with Gasteiger partial charge in [-0.05, 0) is 12.8 Å². The van der Waals surface area contributed by atoms with Crippen LogP contribution in [0.1, 0.15) is 89.9 Å². The van der Waals surface area contributed by atoms with Gasteiger partial charge in [-0.15, -0.1) is 0 Å². The van der Waals surface area contributed by atoms with Gasteiger partial charge in [0.25, 0.3) is 0 Å². The van der Waals surface area contributed by atoms with Crippen molar-refractivity contribution in [2.45, 2.75) is 96.0 Å². The maximum atomic E-state index is 11.7. The van der Waals surface area contributed by atoms with E-state index in [2.05, 4.69) is 0 Å². The Balaban J connectivity index is 2.22. The van der Waals surface area contributed by atoms with E-state index < -0.39 is 6.10 Å².